The highest BCUT2D eigenvalue weighted by molar-refractivity contribution is 7.13. The Morgan fingerprint density at radius 2 is 1.65 bits per heavy atom. The summed E-state index contributed by atoms with van der Waals surface area (Å²) in [7, 11) is 0. The number of piperidine rings is 1. The second-order valence-corrected chi connectivity index (χ2v) is 20.0. The molecule has 19 heteroatoms. The fraction of sp³-hybridized carbons (Fsp3) is 0.345. The summed E-state index contributed by atoms with van der Waals surface area (Å²) in [5, 5.41) is 19.5. The van der Waals surface area contributed by atoms with Crippen molar-refractivity contribution in [3.63, 3.8) is 0 Å². The zero-order valence-electron chi connectivity index (χ0n) is 41.4. The molecule has 18 nitrogen and oxygen atoms in total. The summed E-state index contributed by atoms with van der Waals surface area (Å²) in [5.41, 5.74) is 14.2. The maximum Gasteiger partial charge on any atom is 0.255 e. The van der Waals surface area contributed by atoms with E-state index in [1.807, 2.05) is 110 Å². The Hall–Kier alpha value is -7.74. The van der Waals surface area contributed by atoms with Crippen molar-refractivity contribution in [2.45, 2.75) is 77.4 Å². The highest BCUT2D eigenvalue weighted by atomic mass is 32.1. The van der Waals surface area contributed by atoms with Crippen molar-refractivity contribution >= 4 is 51.8 Å². The molecule has 0 unspecified atom stereocenters. The van der Waals surface area contributed by atoms with Crippen molar-refractivity contribution in [3.8, 4) is 38.9 Å². The fourth-order valence-electron chi connectivity index (χ4n) is 10.2. The summed E-state index contributed by atoms with van der Waals surface area (Å²) in [5.74, 6) is 0.871. The van der Waals surface area contributed by atoms with Gasteiger partial charge in [0.1, 0.15) is 60.4 Å². The zero-order valence-corrected chi connectivity index (χ0v) is 42.2. The summed E-state index contributed by atoms with van der Waals surface area (Å²) in [6.07, 6.45) is 1.90. The van der Waals surface area contributed by atoms with Crippen LogP contribution < -0.4 is 20.5 Å². The molecule has 4 N–H and O–H groups in total. The number of β-amino-alcohol motifs (C(OH)–C–C–N with tert-alkyl or cyclic N) is 1. The molecule has 0 saturated carbocycles. The number of rotatable bonds is 17. The lowest BCUT2D eigenvalue weighted by atomic mass is 10.0. The Bertz CT molecular complexity index is 3170. The summed E-state index contributed by atoms with van der Waals surface area (Å²) in [6.45, 7) is 7.16. The number of nitrogens with two attached hydrogens (primary N) is 1. The molecular weight excluding hydrogens is 961 g/mol. The van der Waals surface area contributed by atoms with Gasteiger partial charge in [-0.1, -0.05) is 62.4 Å². The summed E-state index contributed by atoms with van der Waals surface area (Å²) in [6, 6.07) is 28.5. The number of aliphatic hydroxyl groups excluding tert-OH is 1. The fourth-order valence-corrected chi connectivity index (χ4v) is 11.0. The van der Waals surface area contributed by atoms with Gasteiger partial charge < -0.3 is 45.1 Å². The highest BCUT2D eigenvalue weighted by Crippen LogP contribution is 2.37. The molecule has 0 aliphatic carbocycles. The molecule has 2 fully saturated rings. The Labute approximate surface area is 432 Å². The number of hydrogen-bond acceptors (Lipinski definition) is 14. The van der Waals surface area contributed by atoms with Gasteiger partial charge in [0.05, 0.1) is 40.2 Å². The van der Waals surface area contributed by atoms with Gasteiger partial charge in [0.25, 0.3) is 5.91 Å². The van der Waals surface area contributed by atoms with Crippen LogP contribution in [0.2, 0.25) is 0 Å². The number of amides is 4. The maximum absolute atomic E-state index is 14.3. The zero-order chi connectivity index (χ0) is 51.5. The van der Waals surface area contributed by atoms with E-state index < -0.39 is 24.1 Å². The van der Waals surface area contributed by atoms with E-state index in [9.17, 15) is 24.3 Å². The van der Waals surface area contributed by atoms with Crippen molar-refractivity contribution in [2.75, 3.05) is 45.2 Å². The van der Waals surface area contributed by atoms with Gasteiger partial charge in [-0.25, -0.2) is 19.6 Å². The monoisotopic (exact) mass is 1020 g/mol. The van der Waals surface area contributed by atoms with Gasteiger partial charge in [0.2, 0.25) is 17.7 Å². The Kier molecular flexibility index (Phi) is 14.7. The third-order valence-electron chi connectivity index (χ3n) is 14.0. The third-order valence-corrected chi connectivity index (χ3v) is 14.9. The number of likely N-dealkylation sites (tertiary alicyclic amines) is 2. The van der Waals surface area contributed by atoms with Crippen LogP contribution in [0.25, 0.3) is 32.7 Å². The first kappa shape index (κ1) is 49.8. The molecule has 4 aromatic carbocycles. The minimum Gasteiger partial charge on any atom is -0.491 e. The highest BCUT2D eigenvalue weighted by Gasteiger charge is 2.46. The smallest absolute Gasteiger partial charge is 0.255 e. The van der Waals surface area contributed by atoms with Crippen LogP contribution in [0, 0.1) is 12.8 Å². The number of thiazole rings is 1. The van der Waals surface area contributed by atoms with E-state index in [-0.39, 0.29) is 69.0 Å². The standard InChI is InChI=1S/C55H58N10O8S/c1-33(2)49(64-28-38-9-7-8-12-43(38)54(64)69)55(70)63-29-40(66)26-44(63)53(68)57-27-37-14-13-36(50-34(3)60-32-74-50)25-45(37)72-24-23-71-30-46(67)62-21-19-39(20-22-62)65-52-47(51(56)58-31-59-52)48(61-65)35-15-17-42(18-16-35)73-41-10-5-4-6-11-41/h4-18,25,31-33,39-40,44,49,66H,19-24,26-30H2,1-3H3,(H,57,68)(H2,56,58,59)/t40-,44+,49+/m1/s1. The van der Waals surface area contributed by atoms with Gasteiger partial charge in [0.15, 0.2) is 5.65 Å². The number of nitrogen functional groups attached to an aromatic ring is 1. The number of aryl methyl sites for hydroxylation is 1. The number of aliphatic hydroxyl groups is 1. The van der Waals surface area contributed by atoms with Gasteiger partial charge in [-0.3, -0.25) is 19.2 Å². The van der Waals surface area contributed by atoms with E-state index in [1.165, 1.54) is 22.6 Å². The maximum atomic E-state index is 14.3. The molecule has 3 aromatic heterocycles. The predicted molar refractivity (Wildman–Crippen MR) is 278 cm³/mol. The molecule has 0 bridgehead atoms. The lowest BCUT2D eigenvalue weighted by Crippen LogP contribution is -2.55. The SMILES string of the molecule is Cc1ncsc1-c1ccc(CNC(=O)[C@@H]2C[C@@H](O)CN2C(=O)[C@H](C(C)C)N2Cc3ccccc3C2=O)c(OCCOCC(=O)N2CCC(n3nc(-c4ccc(Oc5ccccc5)cc4)c4c(N)ncnc43)CC2)c1. The lowest BCUT2D eigenvalue weighted by Gasteiger charge is -2.35. The molecule has 7 aromatic rings. The van der Waals surface area contributed by atoms with Gasteiger partial charge in [-0.2, -0.15) is 5.10 Å². The number of nitrogens with zero attached hydrogens (tertiary/aromatic N) is 8. The van der Waals surface area contributed by atoms with Crippen LogP contribution in [0.3, 0.4) is 0 Å². The van der Waals surface area contributed by atoms with Crippen molar-refractivity contribution < 1.29 is 38.5 Å². The van der Waals surface area contributed by atoms with E-state index in [2.05, 4.69) is 20.3 Å². The van der Waals surface area contributed by atoms with Crippen LogP contribution in [0.4, 0.5) is 5.82 Å². The largest absolute Gasteiger partial charge is 0.491 e. The van der Waals surface area contributed by atoms with Gasteiger partial charge in [-0.05, 0) is 85.3 Å². The number of carbonyl (C=O) groups excluding carboxylic acids is 4. The molecule has 3 aliphatic heterocycles. The van der Waals surface area contributed by atoms with Crippen molar-refractivity contribution in [2.24, 2.45) is 5.92 Å². The third kappa shape index (κ3) is 10.4. The van der Waals surface area contributed by atoms with E-state index >= 15 is 0 Å². The molecule has 3 atom stereocenters. The predicted octanol–water partition coefficient (Wildman–Crippen LogP) is 6.82. The van der Waals surface area contributed by atoms with Crippen LogP contribution in [-0.4, -0.2) is 126 Å². The quantitative estimate of drug-likeness (QED) is 0.0799. The summed E-state index contributed by atoms with van der Waals surface area (Å²) in [4.78, 5) is 74.3. The second-order valence-electron chi connectivity index (χ2n) is 19.2. The Balaban J connectivity index is 0.740. The van der Waals surface area contributed by atoms with Gasteiger partial charge in [-0.15, -0.1) is 11.3 Å². The van der Waals surface area contributed by atoms with Crippen LogP contribution in [0.5, 0.6) is 17.2 Å². The number of anilines is 1. The Morgan fingerprint density at radius 1 is 0.905 bits per heavy atom. The number of carbonyl (C=O) groups is 4. The molecule has 6 heterocycles. The molecule has 0 spiro atoms. The summed E-state index contributed by atoms with van der Waals surface area (Å²) < 4.78 is 20.1. The molecular formula is C55H58N10O8S. The van der Waals surface area contributed by atoms with E-state index in [4.69, 9.17) is 25.0 Å². The molecule has 4 amide bonds. The lowest BCUT2D eigenvalue weighted by molar-refractivity contribution is -0.143. The van der Waals surface area contributed by atoms with Crippen LogP contribution >= 0.6 is 11.3 Å². The van der Waals surface area contributed by atoms with Crippen molar-refractivity contribution in [1.29, 1.82) is 0 Å². The first-order chi connectivity index (χ1) is 35.9. The average Bonchev–Trinajstić information content (AvgIpc) is 4.21. The minimum atomic E-state index is -0.943. The average molecular weight is 1020 g/mol. The first-order valence-corrected chi connectivity index (χ1v) is 25.8. The number of aromatic nitrogens is 5. The van der Waals surface area contributed by atoms with Gasteiger partial charge >= 0.3 is 0 Å². The van der Waals surface area contributed by atoms with E-state index in [0.717, 1.165) is 33.0 Å². The number of benzene rings is 4. The van der Waals surface area contributed by atoms with Gasteiger partial charge in [0, 0.05) is 55.8 Å². The van der Waals surface area contributed by atoms with Crippen LogP contribution in [0.1, 0.15) is 66.3 Å². The van der Waals surface area contributed by atoms with E-state index in [1.54, 1.807) is 27.4 Å². The number of hydrogen-bond donors (Lipinski definition) is 3. The number of fused-ring (bicyclic) bond motifs is 2. The molecule has 2 saturated heterocycles. The number of nitrogens with one attached hydrogen (secondary N) is 1. The number of ether oxygens (including phenoxy) is 3. The normalized spacial score (nSPS) is 17.3. The molecule has 3 aliphatic rings. The second kappa shape index (κ2) is 21.8. The van der Waals surface area contributed by atoms with Crippen molar-refractivity contribution in [3.05, 3.63) is 131 Å². The minimum absolute atomic E-state index is 0.0220. The summed E-state index contributed by atoms with van der Waals surface area (Å²) >= 11 is 1.51. The topological polar surface area (TPSA) is 220 Å². The van der Waals surface area contributed by atoms with E-state index in [0.29, 0.717) is 77.6 Å². The Morgan fingerprint density at radius 3 is 2.39 bits per heavy atom. The molecule has 10 rings (SSSR count). The first-order valence-electron chi connectivity index (χ1n) is 24.9. The number of para-hydroxylation sites is 1. The molecule has 74 heavy (non-hydrogen) atoms. The van der Waals surface area contributed by atoms with Crippen molar-refractivity contribution in [1.82, 2.24) is 44.7 Å². The van der Waals surface area contributed by atoms with Crippen LogP contribution in [0.15, 0.2) is 109 Å². The molecule has 382 valence electrons. The van der Waals surface area contributed by atoms with Crippen LogP contribution in [-0.2, 0) is 32.2 Å². The molecule has 0 radical (unpaired) electrons.